The highest BCUT2D eigenvalue weighted by atomic mass is 16.5. The third-order valence-corrected chi connectivity index (χ3v) is 6.77. The Morgan fingerprint density at radius 3 is 3.00 bits per heavy atom. The lowest BCUT2D eigenvalue weighted by Gasteiger charge is -2.18. The van der Waals surface area contributed by atoms with Gasteiger partial charge in [0, 0.05) is 37.3 Å². The van der Waals surface area contributed by atoms with Crippen molar-refractivity contribution in [3.8, 4) is 5.75 Å². The van der Waals surface area contributed by atoms with Gasteiger partial charge in [0.1, 0.15) is 17.1 Å². The zero-order chi connectivity index (χ0) is 25.4. The molecule has 0 bridgehead atoms. The quantitative estimate of drug-likeness (QED) is 0.333. The van der Waals surface area contributed by atoms with Crippen LogP contribution in [-0.2, 0) is 24.7 Å². The number of aliphatic carboxylic acids is 1. The summed E-state index contributed by atoms with van der Waals surface area (Å²) in [6, 6.07) is 11.3. The Morgan fingerprint density at radius 2 is 2.11 bits per heavy atom. The molecular weight excluding hydrogens is 470 g/mol. The van der Waals surface area contributed by atoms with Crippen LogP contribution in [0.2, 0.25) is 0 Å². The summed E-state index contributed by atoms with van der Waals surface area (Å²) >= 11 is 0. The van der Waals surface area contributed by atoms with Crippen molar-refractivity contribution in [2.75, 3.05) is 18.5 Å². The minimum Gasteiger partial charge on any atom is -0.493 e. The van der Waals surface area contributed by atoms with Crippen molar-refractivity contribution in [3.63, 3.8) is 0 Å². The molecule has 37 heavy (non-hydrogen) atoms. The number of ether oxygens (including phenoxy) is 1. The molecule has 6 rings (SSSR count). The van der Waals surface area contributed by atoms with Crippen LogP contribution in [0.4, 0.5) is 5.82 Å². The molecule has 0 aliphatic carbocycles. The van der Waals surface area contributed by atoms with Gasteiger partial charge < -0.3 is 19.7 Å². The van der Waals surface area contributed by atoms with Gasteiger partial charge in [0.05, 0.1) is 37.1 Å². The molecule has 0 fully saturated rings. The largest absolute Gasteiger partial charge is 0.493 e. The first kappa shape index (κ1) is 23.0. The number of carboxylic acids is 1. The lowest BCUT2D eigenvalue weighted by atomic mass is 10.1. The van der Waals surface area contributed by atoms with Crippen LogP contribution in [0.5, 0.6) is 5.75 Å². The third-order valence-electron chi connectivity index (χ3n) is 6.77. The Bertz CT molecular complexity index is 1610. The number of fused-ring (bicyclic) bond motifs is 3. The predicted molar refractivity (Wildman–Crippen MR) is 139 cm³/mol. The summed E-state index contributed by atoms with van der Waals surface area (Å²) in [7, 11) is 1.87. The van der Waals surface area contributed by atoms with Gasteiger partial charge in [0.15, 0.2) is 5.65 Å². The average molecular weight is 498 g/mol. The van der Waals surface area contributed by atoms with E-state index in [0.29, 0.717) is 18.5 Å². The first-order valence-electron chi connectivity index (χ1n) is 12.4. The van der Waals surface area contributed by atoms with E-state index in [0.717, 1.165) is 58.8 Å². The van der Waals surface area contributed by atoms with Crippen LogP contribution in [0.3, 0.4) is 0 Å². The summed E-state index contributed by atoms with van der Waals surface area (Å²) in [5.74, 6) is 0.807. The maximum Gasteiger partial charge on any atom is 0.305 e. The molecule has 5 aromatic rings. The smallest absolute Gasteiger partial charge is 0.305 e. The molecule has 5 heterocycles. The average Bonchev–Trinajstić information content (AvgIpc) is 3.50. The summed E-state index contributed by atoms with van der Waals surface area (Å²) in [6.45, 7) is 1.47. The highest BCUT2D eigenvalue weighted by Gasteiger charge is 2.22. The normalized spacial score (nSPS) is 13.9. The number of aromatic nitrogens is 6. The molecule has 1 atom stereocenters. The van der Waals surface area contributed by atoms with Gasteiger partial charge in [0.25, 0.3) is 0 Å². The number of hydrogen-bond donors (Lipinski definition) is 2. The lowest BCUT2D eigenvalue weighted by molar-refractivity contribution is -0.137. The second-order valence-electron chi connectivity index (χ2n) is 9.33. The van der Waals surface area contributed by atoms with E-state index < -0.39 is 12.0 Å². The zero-order valence-electron chi connectivity index (χ0n) is 20.5. The molecule has 1 aliphatic heterocycles. The molecule has 10 nitrogen and oxygen atoms in total. The minimum atomic E-state index is -0.916. The summed E-state index contributed by atoms with van der Waals surface area (Å²) in [5, 5.41) is 18.4. The van der Waals surface area contributed by atoms with E-state index in [-0.39, 0.29) is 6.42 Å². The number of nitrogens with zero attached hydrogens (tertiary/aromatic N) is 6. The summed E-state index contributed by atoms with van der Waals surface area (Å²) in [6.07, 6.45) is 7.92. The van der Waals surface area contributed by atoms with Crippen LogP contribution in [0, 0.1) is 0 Å². The fraction of sp³-hybridized carbons (Fsp3) is 0.296. The van der Waals surface area contributed by atoms with Gasteiger partial charge in [0.2, 0.25) is 0 Å². The Hall–Kier alpha value is -4.47. The van der Waals surface area contributed by atoms with Gasteiger partial charge in [-0.3, -0.25) is 9.48 Å². The van der Waals surface area contributed by atoms with Gasteiger partial charge in [-0.2, -0.15) is 5.10 Å². The molecule has 0 spiro atoms. The first-order valence-corrected chi connectivity index (χ1v) is 12.4. The number of imidazole rings is 1. The molecule has 188 valence electrons. The molecule has 0 radical (unpaired) electrons. The standard InChI is InChI=1S/C27H27N7O3/c1-33-16-30-22-12-19(14-29-27(22)33)24(13-25(35)36)34-23-7-6-21(11-18(23)15-31-34)37-10-8-20-5-4-17-3-2-9-28-26(17)32-20/h4-7,11-12,14-16,24H,2-3,8-10,13H2,1H3,(H,28,32)(H,35,36). The second kappa shape index (κ2) is 9.53. The van der Waals surface area contributed by atoms with E-state index in [2.05, 4.69) is 32.5 Å². The topological polar surface area (TPSA) is 120 Å². The van der Waals surface area contributed by atoms with Crippen LogP contribution >= 0.6 is 0 Å². The number of carbonyl (C=O) groups is 1. The monoisotopic (exact) mass is 497 g/mol. The van der Waals surface area contributed by atoms with E-state index in [1.807, 2.05) is 35.9 Å². The van der Waals surface area contributed by atoms with E-state index in [1.54, 1.807) is 23.4 Å². The third kappa shape index (κ3) is 4.57. The Kier molecular flexibility index (Phi) is 5.91. The maximum atomic E-state index is 11.7. The highest BCUT2D eigenvalue weighted by molar-refractivity contribution is 5.81. The molecule has 1 aliphatic rings. The molecule has 0 saturated carbocycles. The minimum absolute atomic E-state index is 0.127. The molecule has 0 saturated heterocycles. The maximum absolute atomic E-state index is 11.7. The fourth-order valence-corrected chi connectivity index (χ4v) is 4.88. The lowest BCUT2D eigenvalue weighted by Crippen LogP contribution is -2.16. The number of rotatable bonds is 8. The zero-order valence-corrected chi connectivity index (χ0v) is 20.5. The number of anilines is 1. The van der Waals surface area contributed by atoms with Crippen LogP contribution in [0.25, 0.3) is 22.1 Å². The van der Waals surface area contributed by atoms with E-state index in [9.17, 15) is 9.90 Å². The van der Waals surface area contributed by atoms with Gasteiger partial charge in [-0.25, -0.2) is 15.0 Å². The Morgan fingerprint density at radius 1 is 1.19 bits per heavy atom. The first-order chi connectivity index (χ1) is 18.0. The van der Waals surface area contributed by atoms with Gasteiger partial charge in [-0.1, -0.05) is 6.07 Å². The molecule has 2 N–H and O–H groups in total. The second-order valence-corrected chi connectivity index (χ2v) is 9.33. The van der Waals surface area contributed by atoms with E-state index in [4.69, 9.17) is 9.72 Å². The van der Waals surface area contributed by atoms with Gasteiger partial charge in [-0.15, -0.1) is 0 Å². The number of pyridine rings is 2. The van der Waals surface area contributed by atoms with E-state index >= 15 is 0 Å². The van der Waals surface area contributed by atoms with Crippen LogP contribution < -0.4 is 10.1 Å². The van der Waals surface area contributed by atoms with Gasteiger partial charge >= 0.3 is 5.97 Å². The Labute approximate surface area is 212 Å². The van der Waals surface area contributed by atoms with Crippen molar-refractivity contribution in [2.45, 2.75) is 31.7 Å². The molecule has 1 aromatic carbocycles. The van der Waals surface area contributed by atoms with Gasteiger partial charge in [-0.05, 0) is 54.3 Å². The van der Waals surface area contributed by atoms with Crippen molar-refractivity contribution in [3.05, 3.63) is 71.9 Å². The van der Waals surface area contributed by atoms with Crippen LogP contribution in [-0.4, -0.2) is 53.5 Å². The molecular formula is C27H27N7O3. The number of aryl methyl sites for hydroxylation is 2. The SMILES string of the molecule is Cn1cnc2cc(C(CC(=O)O)n3ncc4cc(OCCc5ccc6c(n5)NCCC6)ccc43)cnc21. The number of carboxylic acid groups (broad SMARTS) is 1. The molecule has 1 unspecified atom stereocenters. The predicted octanol–water partition coefficient (Wildman–Crippen LogP) is 3.76. The molecule has 0 amide bonds. The van der Waals surface area contributed by atoms with Crippen molar-refractivity contribution in [1.82, 2.24) is 29.3 Å². The summed E-state index contributed by atoms with van der Waals surface area (Å²) in [4.78, 5) is 25.3. The summed E-state index contributed by atoms with van der Waals surface area (Å²) < 4.78 is 9.59. The Balaban J connectivity index is 1.21. The number of benzene rings is 1. The van der Waals surface area contributed by atoms with Crippen molar-refractivity contribution >= 4 is 33.9 Å². The van der Waals surface area contributed by atoms with Crippen molar-refractivity contribution in [2.24, 2.45) is 7.05 Å². The van der Waals surface area contributed by atoms with E-state index in [1.165, 1.54) is 5.56 Å². The van der Waals surface area contributed by atoms with Crippen molar-refractivity contribution < 1.29 is 14.6 Å². The van der Waals surface area contributed by atoms with Crippen molar-refractivity contribution in [1.29, 1.82) is 0 Å². The number of hydrogen-bond acceptors (Lipinski definition) is 7. The molecule has 4 aromatic heterocycles. The number of nitrogens with one attached hydrogen (secondary N) is 1. The summed E-state index contributed by atoms with van der Waals surface area (Å²) in [5.41, 5.74) is 5.29. The highest BCUT2D eigenvalue weighted by Crippen LogP contribution is 2.29. The van der Waals surface area contributed by atoms with Crippen LogP contribution in [0.1, 0.15) is 35.7 Å². The molecule has 10 heteroatoms. The fourth-order valence-electron chi connectivity index (χ4n) is 4.88. The van der Waals surface area contributed by atoms with Crippen LogP contribution in [0.15, 0.2) is 55.1 Å².